The van der Waals surface area contributed by atoms with Gasteiger partial charge in [-0.1, -0.05) is 6.92 Å². The second-order valence-corrected chi connectivity index (χ2v) is 5.05. The lowest BCUT2D eigenvalue weighted by atomic mass is 9.89. The average Bonchev–Trinajstić information content (AvgIpc) is 2.45. The van der Waals surface area contributed by atoms with Crippen LogP contribution in [0.25, 0.3) is 0 Å². The summed E-state index contributed by atoms with van der Waals surface area (Å²) in [5.74, 6) is 1.24. The lowest BCUT2D eigenvalue weighted by molar-refractivity contribution is 0.0954. The number of rotatable bonds is 3. The Morgan fingerprint density at radius 1 is 1.37 bits per heavy atom. The van der Waals surface area contributed by atoms with Crippen LogP contribution in [0.2, 0.25) is 0 Å². The van der Waals surface area contributed by atoms with Gasteiger partial charge in [0.2, 0.25) is 0 Å². The first-order chi connectivity index (χ1) is 9.19. The molecule has 0 bridgehead atoms. The number of nitrogens with one attached hydrogen (secondary N) is 1. The third kappa shape index (κ3) is 3.81. The summed E-state index contributed by atoms with van der Waals surface area (Å²) in [5.41, 5.74) is 4.32. The van der Waals surface area contributed by atoms with E-state index in [1.165, 1.54) is 12.8 Å². The fraction of sp³-hybridized carbons (Fsp3) is 0.467. The van der Waals surface area contributed by atoms with E-state index in [2.05, 4.69) is 17.5 Å². The van der Waals surface area contributed by atoms with Gasteiger partial charge in [-0.2, -0.15) is 5.10 Å². The number of carbonyl (C=O) groups excluding carboxylic acids is 1. The van der Waals surface area contributed by atoms with Crippen LogP contribution in [-0.2, 0) is 0 Å². The van der Waals surface area contributed by atoms with Crippen LogP contribution < -0.4 is 10.2 Å². The zero-order valence-electron chi connectivity index (χ0n) is 11.5. The van der Waals surface area contributed by atoms with Crippen molar-refractivity contribution >= 4 is 11.6 Å². The molecular weight excluding hydrogens is 240 g/mol. The molecule has 0 spiro atoms. The lowest BCUT2D eigenvalue weighted by Crippen LogP contribution is -2.22. The number of carbonyl (C=O) groups is 1. The maximum absolute atomic E-state index is 11.9. The van der Waals surface area contributed by atoms with Crippen molar-refractivity contribution in [3.8, 4) is 5.75 Å². The molecule has 1 aromatic carbocycles. The summed E-state index contributed by atoms with van der Waals surface area (Å²) in [4.78, 5) is 11.9. The topological polar surface area (TPSA) is 50.7 Å². The minimum atomic E-state index is -0.173. The Morgan fingerprint density at radius 3 is 2.74 bits per heavy atom. The van der Waals surface area contributed by atoms with Crippen molar-refractivity contribution in [2.45, 2.75) is 32.6 Å². The number of nitrogens with zero attached hydrogens (tertiary/aromatic N) is 1. The van der Waals surface area contributed by atoms with Gasteiger partial charge < -0.3 is 4.74 Å². The molecule has 0 radical (unpaired) electrons. The highest BCUT2D eigenvalue weighted by atomic mass is 16.5. The number of methoxy groups -OCH3 is 1. The SMILES string of the molecule is COc1ccc(C(=O)N/N=C2\CCC[C@H](C)C2)cc1. The van der Waals surface area contributed by atoms with Crippen molar-refractivity contribution < 1.29 is 9.53 Å². The standard InChI is InChI=1S/C15H20N2O2/c1-11-4-3-5-13(10-11)16-17-15(18)12-6-8-14(19-2)9-7-12/h6-9,11H,3-5,10H2,1-2H3,(H,17,18)/b16-13+/t11-/m0/s1. The van der Waals surface area contributed by atoms with Crippen molar-refractivity contribution in [1.82, 2.24) is 5.43 Å². The molecule has 2 rings (SSSR count). The molecular formula is C15H20N2O2. The first-order valence-electron chi connectivity index (χ1n) is 6.69. The highest BCUT2D eigenvalue weighted by Crippen LogP contribution is 2.21. The van der Waals surface area contributed by atoms with Crippen LogP contribution in [-0.4, -0.2) is 18.7 Å². The quantitative estimate of drug-likeness (QED) is 0.849. The maximum atomic E-state index is 11.9. The van der Waals surface area contributed by atoms with Crippen LogP contribution in [0.1, 0.15) is 43.0 Å². The number of hydrazone groups is 1. The Hall–Kier alpha value is -1.84. The van der Waals surface area contributed by atoms with Gasteiger partial charge in [-0.3, -0.25) is 4.79 Å². The number of ether oxygens (including phenoxy) is 1. The molecule has 1 aliphatic rings. The van der Waals surface area contributed by atoms with E-state index >= 15 is 0 Å². The van der Waals surface area contributed by atoms with Crippen molar-refractivity contribution in [3.63, 3.8) is 0 Å². The van der Waals surface area contributed by atoms with Crippen LogP contribution in [0.3, 0.4) is 0 Å². The molecule has 0 unspecified atom stereocenters. The van der Waals surface area contributed by atoms with E-state index in [0.717, 1.165) is 24.3 Å². The van der Waals surface area contributed by atoms with Gasteiger partial charge in [-0.05, 0) is 55.9 Å². The predicted molar refractivity (Wildman–Crippen MR) is 75.5 cm³/mol. The zero-order valence-corrected chi connectivity index (χ0v) is 11.5. The lowest BCUT2D eigenvalue weighted by Gasteiger charge is -2.18. The first kappa shape index (κ1) is 13.6. The van der Waals surface area contributed by atoms with Crippen molar-refractivity contribution in [3.05, 3.63) is 29.8 Å². The van der Waals surface area contributed by atoms with E-state index in [1.54, 1.807) is 31.4 Å². The molecule has 0 aromatic heterocycles. The Balaban J connectivity index is 1.94. The van der Waals surface area contributed by atoms with Gasteiger partial charge >= 0.3 is 0 Å². The maximum Gasteiger partial charge on any atom is 0.271 e. The molecule has 19 heavy (non-hydrogen) atoms. The van der Waals surface area contributed by atoms with Crippen molar-refractivity contribution in [2.24, 2.45) is 11.0 Å². The smallest absolute Gasteiger partial charge is 0.271 e. The molecule has 0 heterocycles. The van der Waals surface area contributed by atoms with Gasteiger partial charge in [0.25, 0.3) is 5.91 Å². The zero-order chi connectivity index (χ0) is 13.7. The monoisotopic (exact) mass is 260 g/mol. The number of benzene rings is 1. The minimum Gasteiger partial charge on any atom is -0.497 e. The fourth-order valence-corrected chi connectivity index (χ4v) is 2.30. The molecule has 1 fully saturated rings. The summed E-state index contributed by atoms with van der Waals surface area (Å²) >= 11 is 0. The normalized spacial score (nSPS) is 21.2. The van der Waals surface area contributed by atoms with E-state index in [1.807, 2.05) is 0 Å². The Bertz CT molecular complexity index is 466. The predicted octanol–water partition coefficient (Wildman–Crippen LogP) is 2.99. The van der Waals surface area contributed by atoms with Gasteiger partial charge in [0.15, 0.2) is 0 Å². The minimum absolute atomic E-state index is 0.173. The Kier molecular flexibility index (Phi) is 4.55. The first-order valence-corrected chi connectivity index (χ1v) is 6.69. The highest BCUT2D eigenvalue weighted by molar-refractivity contribution is 5.95. The summed E-state index contributed by atoms with van der Waals surface area (Å²) in [6.45, 7) is 2.22. The third-order valence-corrected chi connectivity index (χ3v) is 3.41. The van der Waals surface area contributed by atoms with Crippen molar-refractivity contribution in [2.75, 3.05) is 7.11 Å². The van der Waals surface area contributed by atoms with Gasteiger partial charge in [-0.25, -0.2) is 5.43 Å². The third-order valence-electron chi connectivity index (χ3n) is 3.41. The molecule has 1 saturated carbocycles. The van der Waals surface area contributed by atoms with Gasteiger partial charge in [0.05, 0.1) is 7.11 Å². The van der Waals surface area contributed by atoms with E-state index < -0.39 is 0 Å². The van der Waals surface area contributed by atoms with Crippen molar-refractivity contribution in [1.29, 1.82) is 0 Å². The molecule has 0 aliphatic heterocycles. The molecule has 1 aliphatic carbocycles. The van der Waals surface area contributed by atoms with E-state index in [4.69, 9.17) is 4.74 Å². The van der Waals surface area contributed by atoms with Gasteiger partial charge in [0, 0.05) is 11.3 Å². The number of hydrogen-bond acceptors (Lipinski definition) is 3. The molecule has 1 N–H and O–H groups in total. The van der Waals surface area contributed by atoms with Crippen LogP contribution in [0.4, 0.5) is 0 Å². The van der Waals surface area contributed by atoms with E-state index in [0.29, 0.717) is 11.5 Å². The number of amides is 1. The van der Waals surface area contributed by atoms with Crippen LogP contribution >= 0.6 is 0 Å². The second kappa shape index (κ2) is 6.36. The Labute approximate surface area is 113 Å². The molecule has 0 saturated heterocycles. The van der Waals surface area contributed by atoms with Gasteiger partial charge in [-0.15, -0.1) is 0 Å². The summed E-state index contributed by atoms with van der Waals surface area (Å²) in [6.07, 6.45) is 4.40. The summed E-state index contributed by atoms with van der Waals surface area (Å²) < 4.78 is 5.06. The molecule has 4 heteroatoms. The van der Waals surface area contributed by atoms with Crippen LogP contribution in [0, 0.1) is 5.92 Å². The van der Waals surface area contributed by atoms with Crippen LogP contribution in [0.5, 0.6) is 5.75 Å². The van der Waals surface area contributed by atoms with Gasteiger partial charge in [0.1, 0.15) is 5.75 Å². The average molecular weight is 260 g/mol. The fourth-order valence-electron chi connectivity index (χ4n) is 2.30. The van der Waals surface area contributed by atoms with E-state index in [9.17, 15) is 4.79 Å². The van der Waals surface area contributed by atoms with Crippen LogP contribution in [0.15, 0.2) is 29.4 Å². The number of hydrogen-bond donors (Lipinski definition) is 1. The summed E-state index contributed by atoms with van der Waals surface area (Å²) in [7, 11) is 1.60. The highest BCUT2D eigenvalue weighted by Gasteiger charge is 2.14. The molecule has 1 aromatic rings. The molecule has 1 amide bonds. The molecule has 4 nitrogen and oxygen atoms in total. The molecule has 102 valence electrons. The van der Waals surface area contributed by atoms with E-state index in [-0.39, 0.29) is 5.91 Å². The Morgan fingerprint density at radius 2 is 2.11 bits per heavy atom. The largest absolute Gasteiger partial charge is 0.497 e. The summed E-state index contributed by atoms with van der Waals surface area (Å²) in [5, 5.41) is 4.24. The molecule has 1 atom stereocenters. The summed E-state index contributed by atoms with van der Waals surface area (Å²) in [6, 6.07) is 7.01. The second-order valence-electron chi connectivity index (χ2n) is 5.05.